The van der Waals surface area contributed by atoms with Crippen molar-refractivity contribution in [3.05, 3.63) is 12.7 Å². The molecule has 3 atom stereocenters. The molecule has 0 aromatic carbocycles. The van der Waals surface area contributed by atoms with Gasteiger partial charge in [0.2, 0.25) is 0 Å². The van der Waals surface area contributed by atoms with Gasteiger partial charge in [0.05, 0.1) is 0 Å². The summed E-state index contributed by atoms with van der Waals surface area (Å²) in [6.07, 6.45) is 9.76. The molecule has 0 aliphatic heterocycles. The van der Waals surface area contributed by atoms with Crippen molar-refractivity contribution >= 4 is 0 Å². The summed E-state index contributed by atoms with van der Waals surface area (Å²) in [4.78, 5) is 2.47. The SMILES string of the molecule is C=CCCC(NC)C1(N(C)C)CCCC(C)C1. The van der Waals surface area contributed by atoms with Crippen LogP contribution in [-0.4, -0.2) is 37.6 Å². The Kier molecular flexibility index (Phi) is 5.68. The van der Waals surface area contributed by atoms with E-state index >= 15 is 0 Å². The van der Waals surface area contributed by atoms with Gasteiger partial charge in [-0.15, -0.1) is 6.58 Å². The second-order valence-electron chi connectivity index (χ2n) is 5.91. The van der Waals surface area contributed by atoms with E-state index in [0.29, 0.717) is 11.6 Å². The minimum Gasteiger partial charge on any atom is -0.315 e. The lowest BCUT2D eigenvalue weighted by molar-refractivity contribution is 0.0373. The van der Waals surface area contributed by atoms with Crippen molar-refractivity contribution in [1.29, 1.82) is 0 Å². The Bertz CT molecular complexity index is 237. The quantitative estimate of drug-likeness (QED) is 0.716. The van der Waals surface area contributed by atoms with Crippen molar-refractivity contribution in [2.75, 3.05) is 21.1 Å². The van der Waals surface area contributed by atoms with E-state index < -0.39 is 0 Å². The number of nitrogens with zero attached hydrogens (tertiary/aromatic N) is 1. The van der Waals surface area contributed by atoms with Gasteiger partial charge in [0.1, 0.15) is 0 Å². The van der Waals surface area contributed by atoms with Crippen molar-refractivity contribution in [3.63, 3.8) is 0 Å². The van der Waals surface area contributed by atoms with Gasteiger partial charge in [-0.05, 0) is 52.7 Å². The summed E-state index contributed by atoms with van der Waals surface area (Å²) in [7, 11) is 6.60. The van der Waals surface area contributed by atoms with Gasteiger partial charge in [0, 0.05) is 11.6 Å². The highest BCUT2D eigenvalue weighted by molar-refractivity contribution is 5.01. The second kappa shape index (κ2) is 6.55. The number of allylic oxidation sites excluding steroid dienone is 1. The molecule has 0 aromatic rings. The van der Waals surface area contributed by atoms with Gasteiger partial charge in [0.25, 0.3) is 0 Å². The summed E-state index contributed by atoms with van der Waals surface area (Å²) in [5.74, 6) is 0.853. The first-order chi connectivity index (χ1) is 8.06. The fourth-order valence-electron chi connectivity index (χ4n) is 3.56. The summed E-state index contributed by atoms with van der Waals surface area (Å²) in [6, 6.07) is 0.582. The van der Waals surface area contributed by atoms with E-state index in [4.69, 9.17) is 0 Å². The van der Waals surface area contributed by atoms with E-state index in [2.05, 4.69) is 44.9 Å². The van der Waals surface area contributed by atoms with Gasteiger partial charge in [-0.25, -0.2) is 0 Å². The average Bonchev–Trinajstić information content (AvgIpc) is 2.29. The van der Waals surface area contributed by atoms with Crippen LogP contribution in [0, 0.1) is 5.92 Å². The smallest absolute Gasteiger partial charge is 0.0358 e. The first-order valence-electron chi connectivity index (χ1n) is 7.02. The number of hydrogen-bond donors (Lipinski definition) is 1. The summed E-state index contributed by atoms with van der Waals surface area (Å²) in [5, 5.41) is 3.56. The van der Waals surface area contributed by atoms with E-state index in [1.54, 1.807) is 0 Å². The van der Waals surface area contributed by atoms with Crippen LogP contribution in [0.15, 0.2) is 12.7 Å². The zero-order valence-electron chi connectivity index (χ0n) is 12.1. The van der Waals surface area contributed by atoms with Crippen molar-refractivity contribution in [1.82, 2.24) is 10.2 Å². The molecule has 0 heterocycles. The van der Waals surface area contributed by atoms with E-state index in [0.717, 1.165) is 12.3 Å². The fraction of sp³-hybridized carbons (Fsp3) is 0.867. The van der Waals surface area contributed by atoms with Crippen molar-refractivity contribution < 1.29 is 0 Å². The molecule has 1 rings (SSSR count). The minimum atomic E-state index is 0.343. The molecule has 3 unspecified atom stereocenters. The lowest BCUT2D eigenvalue weighted by Gasteiger charge is -2.50. The molecule has 2 heteroatoms. The van der Waals surface area contributed by atoms with Gasteiger partial charge < -0.3 is 10.2 Å². The third-order valence-electron chi connectivity index (χ3n) is 4.56. The zero-order chi connectivity index (χ0) is 12.9. The number of likely N-dealkylation sites (N-methyl/N-ethyl adjacent to an activating group) is 2. The largest absolute Gasteiger partial charge is 0.315 e. The van der Waals surface area contributed by atoms with E-state index in [1.165, 1.54) is 32.1 Å². The molecule has 1 N–H and O–H groups in total. The standard InChI is InChI=1S/C15H30N2/c1-6-7-10-14(16-3)15(17(4)5)11-8-9-13(2)12-15/h6,13-14,16H,1,7-12H2,2-5H3. The molecule has 0 radical (unpaired) electrons. The highest BCUT2D eigenvalue weighted by Crippen LogP contribution is 2.39. The van der Waals surface area contributed by atoms with Crippen LogP contribution < -0.4 is 5.32 Å². The van der Waals surface area contributed by atoms with Crippen LogP contribution in [0.4, 0.5) is 0 Å². The van der Waals surface area contributed by atoms with Gasteiger partial charge in [-0.2, -0.15) is 0 Å². The number of rotatable bonds is 6. The molecule has 100 valence electrons. The lowest BCUT2D eigenvalue weighted by Crippen LogP contribution is -2.60. The Hall–Kier alpha value is -0.340. The van der Waals surface area contributed by atoms with Crippen molar-refractivity contribution in [2.45, 2.75) is 57.0 Å². The third kappa shape index (κ3) is 3.32. The highest BCUT2D eigenvalue weighted by Gasteiger charge is 2.42. The van der Waals surface area contributed by atoms with Crippen LogP contribution in [0.25, 0.3) is 0 Å². The zero-order valence-corrected chi connectivity index (χ0v) is 12.1. The molecule has 1 fully saturated rings. The van der Waals surface area contributed by atoms with Gasteiger partial charge >= 0.3 is 0 Å². The maximum Gasteiger partial charge on any atom is 0.0358 e. The molecule has 0 saturated heterocycles. The molecule has 2 nitrogen and oxygen atoms in total. The topological polar surface area (TPSA) is 15.3 Å². The molecule has 0 aromatic heterocycles. The molecular weight excluding hydrogens is 208 g/mol. The monoisotopic (exact) mass is 238 g/mol. The van der Waals surface area contributed by atoms with Gasteiger partial charge in [-0.1, -0.05) is 25.8 Å². The van der Waals surface area contributed by atoms with Crippen LogP contribution in [-0.2, 0) is 0 Å². The molecule has 1 saturated carbocycles. The van der Waals surface area contributed by atoms with Crippen LogP contribution in [0.3, 0.4) is 0 Å². The molecule has 1 aliphatic carbocycles. The maximum atomic E-state index is 3.85. The molecule has 0 amide bonds. The second-order valence-corrected chi connectivity index (χ2v) is 5.91. The first-order valence-corrected chi connectivity index (χ1v) is 7.02. The van der Waals surface area contributed by atoms with E-state index in [-0.39, 0.29) is 0 Å². The van der Waals surface area contributed by atoms with Crippen LogP contribution in [0.5, 0.6) is 0 Å². The Morgan fingerprint density at radius 3 is 2.71 bits per heavy atom. The van der Waals surface area contributed by atoms with Gasteiger partial charge in [0.15, 0.2) is 0 Å². The minimum absolute atomic E-state index is 0.343. The fourth-order valence-corrected chi connectivity index (χ4v) is 3.56. The van der Waals surface area contributed by atoms with Crippen LogP contribution in [0.1, 0.15) is 45.4 Å². The summed E-state index contributed by atoms with van der Waals surface area (Å²) < 4.78 is 0. The normalized spacial score (nSPS) is 31.5. The van der Waals surface area contributed by atoms with Gasteiger partial charge in [-0.3, -0.25) is 0 Å². The summed E-state index contributed by atoms with van der Waals surface area (Å²) >= 11 is 0. The molecule has 0 spiro atoms. The predicted octanol–water partition coefficient (Wildman–Crippen LogP) is 3.05. The Balaban J connectivity index is 2.83. The summed E-state index contributed by atoms with van der Waals surface area (Å²) in [5.41, 5.74) is 0.343. The molecular formula is C15H30N2. The Labute approximate surface area is 107 Å². The third-order valence-corrected chi connectivity index (χ3v) is 4.56. The average molecular weight is 238 g/mol. The molecule has 1 aliphatic rings. The van der Waals surface area contributed by atoms with Crippen LogP contribution >= 0.6 is 0 Å². The molecule has 0 bridgehead atoms. The number of hydrogen-bond acceptors (Lipinski definition) is 2. The van der Waals surface area contributed by atoms with E-state index in [1.807, 2.05) is 6.08 Å². The highest BCUT2D eigenvalue weighted by atomic mass is 15.2. The summed E-state index contributed by atoms with van der Waals surface area (Å²) in [6.45, 7) is 6.25. The molecule has 17 heavy (non-hydrogen) atoms. The van der Waals surface area contributed by atoms with Crippen molar-refractivity contribution in [2.24, 2.45) is 5.92 Å². The first kappa shape index (κ1) is 14.7. The van der Waals surface area contributed by atoms with Crippen LogP contribution in [0.2, 0.25) is 0 Å². The van der Waals surface area contributed by atoms with Crippen molar-refractivity contribution in [3.8, 4) is 0 Å². The lowest BCUT2D eigenvalue weighted by atomic mass is 9.70. The van der Waals surface area contributed by atoms with E-state index in [9.17, 15) is 0 Å². The Morgan fingerprint density at radius 2 is 2.24 bits per heavy atom. The number of nitrogens with one attached hydrogen (secondary N) is 1. The Morgan fingerprint density at radius 1 is 1.53 bits per heavy atom. The predicted molar refractivity (Wildman–Crippen MR) is 76.3 cm³/mol. The maximum absolute atomic E-state index is 3.85.